The summed E-state index contributed by atoms with van der Waals surface area (Å²) in [6.45, 7) is 4.92. The number of hydrogen-bond donors (Lipinski definition) is 2. The smallest absolute Gasteiger partial charge is 0.224 e. The third-order valence-corrected chi connectivity index (χ3v) is 4.57. The molecule has 1 fully saturated rings. The van der Waals surface area contributed by atoms with Crippen LogP contribution < -0.4 is 15.5 Å². The van der Waals surface area contributed by atoms with Crippen molar-refractivity contribution in [3.05, 3.63) is 47.5 Å². The molecule has 0 radical (unpaired) electrons. The normalized spacial score (nSPS) is 14.1. The largest absolute Gasteiger partial charge is 0.368 e. The van der Waals surface area contributed by atoms with Crippen molar-refractivity contribution in [2.45, 2.75) is 32.6 Å². The Bertz CT molecular complexity index is 777. The highest BCUT2D eigenvalue weighted by Gasteiger charge is 2.14. The Morgan fingerprint density at radius 1 is 1.15 bits per heavy atom. The molecule has 2 aromatic rings. The number of amides is 1. The second-order valence-electron chi connectivity index (χ2n) is 6.75. The van der Waals surface area contributed by atoms with Crippen molar-refractivity contribution in [1.82, 2.24) is 15.3 Å². The Morgan fingerprint density at radius 2 is 1.93 bits per heavy atom. The van der Waals surface area contributed by atoms with Crippen molar-refractivity contribution in [2.24, 2.45) is 0 Å². The van der Waals surface area contributed by atoms with Crippen LogP contribution >= 0.6 is 0 Å². The number of anilines is 2. The number of nitrogens with zero attached hydrogens (tertiary/aromatic N) is 3. The van der Waals surface area contributed by atoms with Gasteiger partial charge in [0, 0.05) is 32.2 Å². The van der Waals surface area contributed by atoms with Crippen molar-refractivity contribution in [2.75, 3.05) is 36.4 Å². The standard InChI is InChI=1S/C20H26FN5O/c1-15-24-18(14-19(25-15)26-11-5-2-6-12-26)22-9-10-23-20(27)13-16-7-3-4-8-17(16)21/h3-4,7-8,14H,2,5-6,9-13H2,1H3,(H,23,27)(H,22,24,25). The number of benzene rings is 1. The zero-order valence-corrected chi connectivity index (χ0v) is 15.7. The monoisotopic (exact) mass is 371 g/mol. The van der Waals surface area contributed by atoms with Crippen LogP contribution in [-0.2, 0) is 11.2 Å². The number of rotatable bonds is 7. The molecule has 1 aliphatic heterocycles. The summed E-state index contributed by atoms with van der Waals surface area (Å²) in [6.07, 6.45) is 3.70. The van der Waals surface area contributed by atoms with E-state index in [-0.39, 0.29) is 18.1 Å². The lowest BCUT2D eigenvalue weighted by Gasteiger charge is -2.28. The Balaban J connectivity index is 1.46. The van der Waals surface area contributed by atoms with Gasteiger partial charge in [-0.05, 0) is 37.8 Å². The second-order valence-corrected chi connectivity index (χ2v) is 6.75. The van der Waals surface area contributed by atoms with E-state index in [1.165, 1.54) is 25.3 Å². The quantitative estimate of drug-likeness (QED) is 0.733. The van der Waals surface area contributed by atoms with Crippen LogP contribution in [0.5, 0.6) is 0 Å². The summed E-state index contributed by atoms with van der Waals surface area (Å²) in [7, 11) is 0. The summed E-state index contributed by atoms with van der Waals surface area (Å²) in [5.74, 6) is 1.88. The minimum absolute atomic E-state index is 0.0401. The number of hydrogen-bond acceptors (Lipinski definition) is 5. The zero-order valence-electron chi connectivity index (χ0n) is 15.7. The molecule has 0 saturated carbocycles. The number of carbonyl (C=O) groups is 1. The molecule has 0 spiro atoms. The molecule has 2 N–H and O–H groups in total. The molecule has 27 heavy (non-hydrogen) atoms. The summed E-state index contributed by atoms with van der Waals surface area (Å²) in [5, 5.41) is 6.03. The van der Waals surface area contributed by atoms with Gasteiger partial charge in [-0.3, -0.25) is 4.79 Å². The predicted octanol–water partition coefficient (Wildman–Crippen LogP) is 2.69. The van der Waals surface area contributed by atoms with Gasteiger partial charge in [-0.25, -0.2) is 14.4 Å². The van der Waals surface area contributed by atoms with Gasteiger partial charge in [-0.2, -0.15) is 0 Å². The molecule has 7 heteroatoms. The summed E-state index contributed by atoms with van der Waals surface area (Å²) >= 11 is 0. The molecular formula is C20H26FN5O. The van der Waals surface area contributed by atoms with Crippen molar-refractivity contribution in [3.8, 4) is 0 Å². The fraction of sp³-hybridized carbons (Fsp3) is 0.450. The van der Waals surface area contributed by atoms with Gasteiger partial charge in [-0.15, -0.1) is 0 Å². The molecule has 0 unspecified atom stereocenters. The van der Waals surface area contributed by atoms with E-state index in [1.807, 2.05) is 13.0 Å². The van der Waals surface area contributed by atoms with Crippen LogP contribution in [0.2, 0.25) is 0 Å². The average molecular weight is 371 g/mol. The van der Waals surface area contributed by atoms with Gasteiger partial charge in [0.1, 0.15) is 23.3 Å². The van der Waals surface area contributed by atoms with Crippen LogP contribution in [-0.4, -0.2) is 42.1 Å². The van der Waals surface area contributed by atoms with Gasteiger partial charge in [0.25, 0.3) is 0 Å². The average Bonchev–Trinajstić information content (AvgIpc) is 2.67. The topological polar surface area (TPSA) is 70.2 Å². The van der Waals surface area contributed by atoms with Crippen LogP contribution in [0.3, 0.4) is 0 Å². The summed E-state index contributed by atoms with van der Waals surface area (Å²) in [4.78, 5) is 23.2. The van der Waals surface area contributed by atoms with Crippen LogP contribution in [0.4, 0.5) is 16.0 Å². The first kappa shape index (κ1) is 19.1. The molecular weight excluding hydrogens is 345 g/mol. The number of halogens is 1. The van der Waals surface area contributed by atoms with E-state index in [0.717, 1.165) is 30.5 Å². The van der Waals surface area contributed by atoms with Crippen LogP contribution in [0.1, 0.15) is 30.7 Å². The molecule has 144 valence electrons. The Morgan fingerprint density at radius 3 is 2.70 bits per heavy atom. The fourth-order valence-corrected chi connectivity index (χ4v) is 3.20. The molecule has 0 aliphatic carbocycles. The summed E-state index contributed by atoms with van der Waals surface area (Å²) in [5.41, 5.74) is 0.403. The minimum atomic E-state index is -0.354. The van der Waals surface area contributed by atoms with Gasteiger partial charge in [-0.1, -0.05) is 18.2 Å². The van der Waals surface area contributed by atoms with Crippen molar-refractivity contribution < 1.29 is 9.18 Å². The van der Waals surface area contributed by atoms with Gasteiger partial charge in [0.15, 0.2) is 0 Å². The van der Waals surface area contributed by atoms with Crippen LogP contribution in [0, 0.1) is 12.7 Å². The van der Waals surface area contributed by atoms with E-state index in [0.29, 0.717) is 18.7 Å². The second kappa shape index (κ2) is 9.30. The first-order valence-electron chi connectivity index (χ1n) is 9.46. The summed E-state index contributed by atoms with van der Waals surface area (Å²) < 4.78 is 13.6. The maximum absolute atomic E-state index is 13.6. The van der Waals surface area contributed by atoms with Crippen LogP contribution in [0.25, 0.3) is 0 Å². The number of aryl methyl sites for hydroxylation is 1. The molecule has 0 bridgehead atoms. The molecule has 1 aliphatic rings. The lowest BCUT2D eigenvalue weighted by Crippen LogP contribution is -2.31. The maximum Gasteiger partial charge on any atom is 0.224 e. The number of carbonyl (C=O) groups excluding carboxylic acids is 1. The van der Waals surface area contributed by atoms with Crippen molar-refractivity contribution in [1.29, 1.82) is 0 Å². The SMILES string of the molecule is Cc1nc(NCCNC(=O)Cc2ccccc2F)cc(N2CCCCC2)n1. The highest BCUT2D eigenvalue weighted by molar-refractivity contribution is 5.78. The molecule has 6 nitrogen and oxygen atoms in total. The third kappa shape index (κ3) is 5.64. The van der Waals surface area contributed by atoms with Crippen molar-refractivity contribution >= 4 is 17.5 Å². The number of piperidine rings is 1. The van der Waals surface area contributed by atoms with E-state index in [4.69, 9.17) is 0 Å². The van der Waals surface area contributed by atoms with Gasteiger partial charge >= 0.3 is 0 Å². The van der Waals surface area contributed by atoms with Gasteiger partial charge in [0.05, 0.1) is 6.42 Å². The molecule has 0 atom stereocenters. The van der Waals surface area contributed by atoms with E-state index >= 15 is 0 Å². The van der Waals surface area contributed by atoms with E-state index < -0.39 is 0 Å². The number of nitrogens with one attached hydrogen (secondary N) is 2. The molecule has 1 saturated heterocycles. The van der Waals surface area contributed by atoms with E-state index in [2.05, 4.69) is 25.5 Å². The van der Waals surface area contributed by atoms with E-state index in [9.17, 15) is 9.18 Å². The fourth-order valence-electron chi connectivity index (χ4n) is 3.20. The molecule has 1 amide bonds. The van der Waals surface area contributed by atoms with Crippen LogP contribution in [0.15, 0.2) is 30.3 Å². The summed E-state index contributed by atoms with van der Waals surface area (Å²) in [6, 6.07) is 8.28. The Hall–Kier alpha value is -2.70. The van der Waals surface area contributed by atoms with Crippen molar-refractivity contribution in [3.63, 3.8) is 0 Å². The Kier molecular flexibility index (Phi) is 6.57. The zero-order chi connectivity index (χ0) is 19.1. The van der Waals surface area contributed by atoms with E-state index in [1.54, 1.807) is 18.2 Å². The number of aromatic nitrogens is 2. The molecule has 2 heterocycles. The first-order chi connectivity index (χ1) is 13.1. The highest BCUT2D eigenvalue weighted by Crippen LogP contribution is 2.20. The molecule has 1 aromatic heterocycles. The molecule has 3 rings (SSSR count). The molecule has 1 aromatic carbocycles. The predicted molar refractivity (Wildman–Crippen MR) is 104 cm³/mol. The lowest BCUT2D eigenvalue weighted by molar-refractivity contribution is -0.120. The highest BCUT2D eigenvalue weighted by atomic mass is 19.1. The van der Waals surface area contributed by atoms with Gasteiger partial charge < -0.3 is 15.5 Å². The maximum atomic E-state index is 13.6. The Labute approximate surface area is 159 Å². The lowest BCUT2D eigenvalue weighted by atomic mass is 10.1. The van der Waals surface area contributed by atoms with Gasteiger partial charge in [0.2, 0.25) is 5.91 Å². The minimum Gasteiger partial charge on any atom is -0.368 e. The third-order valence-electron chi connectivity index (χ3n) is 4.57. The first-order valence-corrected chi connectivity index (χ1v) is 9.46.